The van der Waals surface area contributed by atoms with Crippen molar-refractivity contribution in [2.75, 3.05) is 6.61 Å². The fourth-order valence-corrected chi connectivity index (χ4v) is 1.78. The van der Waals surface area contributed by atoms with E-state index in [1.54, 1.807) is 12.1 Å². The van der Waals surface area contributed by atoms with E-state index in [1.165, 1.54) is 6.07 Å². The van der Waals surface area contributed by atoms with E-state index >= 15 is 0 Å². The molecule has 1 saturated carbocycles. The Morgan fingerprint density at radius 3 is 2.62 bits per heavy atom. The molecule has 1 unspecified atom stereocenters. The van der Waals surface area contributed by atoms with E-state index < -0.39 is 0 Å². The smallest absolute Gasteiger partial charge is 0.126 e. The summed E-state index contributed by atoms with van der Waals surface area (Å²) in [5.41, 5.74) is 0.674. The molecule has 0 aliphatic heterocycles. The predicted octanol–water partition coefficient (Wildman–Crippen LogP) is 2.31. The summed E-state index contributed by atoms with van der Waals surface area (Å²) in [4.78, 5) is 0. The van der Waals surface area contributed by atoms with Crippen LogP contribution >= 0.6 is 0 Å². The Labute approximate surface area is 77.2 Å². The summed E-state index contributed by atoms with van der Waals surface area (Å²) >= 11 is 0. The van der Waals surface area contributed by atoms with E-state index in [-0.39, 0.29) is 18.3 Å². The van der Waals surface area contributed by atoms with Gasteiger partial charge in [0.25, 0.3) is 0 Å². The standard InChI is InChI=1S/C11H13FO/c12-11-4-2-1-3-9(11)10(7-13)8-5-6-8/h1-4,8,10,13H,5-7H2. The largest absolute Gasteiger partial charge is 0.396 e. The molecule has 1 atom stereocenters. The van der Waals surface area contributed by atoms with Crippen molar-refractivity contribution in [2.45, 2.75) is 18.8 Å². The Bertz CT molecular complexity index is 294. The third-order valence-electron chi connectivity index (χ3n) is 2.69. The molecule has 1 fully saturated rings. The molecule has 2 rings (SSSR count). The van der Waals surface area contributed by atoms with Crippen LogP contribution in [0.5, 0.6) is 0 Å². The number of rotatable bonds is 3. The fraction of sp³-hybridized carbons (Fsp3) is 0.455. The van der Waals surface area contributed by atoms with Crippen LogP contribution in [-0.2, 0) is 0 Å². The molecule has 0 aromatic heterocycles. The first-order valence-corrected chi connectivity index (χ1v) is 4.68. The van der Waals surface area contributed by atoms with Gasteiger partial charge in [0.15, 0.2) is 0 Å². The second-order valence-electron chi connectivity index (χ2n) is 3.65. The lowest BCUT2D eigenvalue weighted by Gasteiger charge is -2.13. The summed E-state index contributed by atoms with van der Waals surface area (Å²) in [6, 6.07) is 6.73. The van der Waals surface area contributed by atoms with E-state index in [0.717, 1.165) is 12.8 Å². The lowest BCUT2D eigenvalue weighted by atomic mass is 9.95. The maximum Gasteiger partial charge on any atom is 0.126 e. The second kappa shape index (κ2) is 3.46. The van der Waals surface area contributed by atoms with Gasteiger partial charge in [-0.1, -0.05) is 18.2 Å². The van der Waals surface area contributed by atoms with E-state index in [9.17, 15) is 4.39 Å². The highest BCUT2D eigenvalue weighted by atomic mass is 19.1. The normalized spacial score (nSPS) is 18.6. The van der Waals surface area contributed by atoms with Gasteiger partial charge < -0.3 is 5.11 Å². The lowest BCUT2D eigenvalue weighted by Crippen LogP contribution is -2.08. The SMILES string of the molecule is OCC(c1ccccc1F)C1CC1. The topological polar surface area (TPSA) is 20.2 Å². The van der Waals surface area contributed by atoms with E-state index in [4.69, 9.17) is 5.11 Å². The van der Waals surface area contributed by atoms with Gasteiger partial charge in [-0.15, -0.1) is 0 Å². The zero-order chi connectivity index (χ0) is 9.26. The number of halogens is 1. The molecule has 0 saturated heterocycles. The van der Waals surface area contributed by atoms with Gasteiger partial charge in [0.05, 0.1) is 6.61 Å². The number of hydrogen-bond acceptors (Lipinski definition) is 1. The number of benzene rings is 1. The minimum absolute atomic E-state index is 0.0150. The van der Waals surface area contributed by atoms with Crippen LogP contribution in [0.15, 0.2) is 24.3 Å². The van der Waals surface area contributed by atoms with Crippen LogP contribution in [-0.4, -0.2) is 11.7 Å². The van der Waals surface area contributed by atoms with Crippen molar-refractivity contribution >= 4 is 0 Å². The minimum Gasteiger partial charge on any atom is -0.396 e. The molecular weight excluding hydrogens is 167 g/mol. The molecule has 13 heavy (non-hydrogen) atoms. The Hall–Kier alpha value is -0.890. The van der Waals surface area contributed by atoms with Crippen molar-refractivity contribution in [3.63, 3.8) is 0 Å². The average molecular weight is 180 g/mol. The van der Waals surface area contributed by atoms with Crippen molar-refractivity contribution < 1.29 is 9.50 Å². The van der Waals surface area contributed by atoms with Crippen LogP contribution in [0.3, 0.4) is 0 Å². The number of hydrogen-bond donors (Lipinski definition) is 1. The summed E-state index contributed by atoms with van der Waals surface area (Å²) in [5.74, 6) is 0.330. The molecule has 0 spiro atoms. The first kappa shape index (κ1) is 8.70. The van der Waals surface area contributed by atoms with Crippen LogP contribution in [0.4, 0.5) is 4.39 Å². The first-order chi connectivity index (χ1) is 6.33. The predicted molar refractivity (Wildman–Crippen MR) is 49.0 cm³/mol. The van der Waals surface area contributed by atoms with E-state index in [1.807, 2.05) is 6.07 Å². The lowest BCUT2D eigenvalue weighted by molar-refractivity contribution is 0.250. The molecule has 0 heterocycles. The maximum atomic E-state index is 13.3. The van der Waals surface area contributed by atoms with Crippen LogP contribution in [0.1, 0.15) is 24.3 Å². The molecule has 1 aliphatic carbocycles. The molecule has 1 nitrogen and oxygen atoms in total. The first-order valence-electron chi connectivity index (χ1n) is 4.68. The Morgan fingerprint density at radius 2 is 2.08 bits per heavy atom. The average Bonchev–Trinajstić information content (AvgIpc) is 2.93. The summed E-state index contributed by atoms with van der Waals surface area (Å²) in [6.07, 6.45) is 2.25. The highest BCUT2D eigenvalue weighted by Gasteiger charge is 2.32. The van der Waals surface area contributed by atoms with Gasteiger partial charge in [-0.3, -0.25) is 0 Å². The summed E-state index contributed by atoms with van der Waals surface area (Å²) < 4.78 is 13.3. The van der Waals surface area contributed by atoms with Gasteiger partial charge in [0.1, 0.15) is 5.82 Å². The highest BCUT2D eigenvalue weighted by molar-refractivity contribution is 5.23. The zero-order valence-corrected chi connectivity index (χ0v) is 7.41. The molecule has 1 aromatic rings. The van der Waals surface area contributed by atoms with Gasteiger partial charge >= 0.3 is 0 Å². The van der Waals surface area contributed by atoms with Crippen molar-refractivity contribution in [3.8, 4) is 0 Å². The van der Waals surface area contributed by atoms with Crippen molar-refractivity contribution in [1.82, 2.24) is 0 Å². The molecule has 1 N–H and O–H groups in total. The van der Waals surface area contributed by atoms with Crippen molar-refractivity contribution in [1.29, 1.82) is 0 Å². The number of aliphatic hydroxyl groups is 1. The molecule has 0 bridgehead atoms. The molecule has 1 aliphatic rings. The van der Waals surface area contributed by atoms with Gasteiger partial charge in [-0.05, 0) is 30.4 Å². The van der Waals surface area contributed by atoms with Gasteiger partial charge in [-0.25, -0.2) is 4.39 Å². The molecule has 2 heteroatoms. The fourth-order valence-electron chi connectivity index (χ4n) is 1.78. The second-order valence-corrected chi connectivity index (χ2v) is 3.65. The van der Waals surface area contributed by atoms with Crippen LogP contribution in [0, 0.1) is 11.7 Å². The summed E-state index contributed by atoms with van der Waals surface area (Å²) in [7, 11) is 0. The van der Waals surface area contributed by atoms with Gasteiger partial charge in [0, 0.05) is 5.92 Å². The quantitative estimate of drug-likeness (QED) is 0.756. The van der Waals surface area contributed by atoms with Crippen molar-refractivity contribution in [3.05, 3.63) is 35.6 Å². The summed E-state index contributed by atoms with van der Waals surface area (Å²) in [6.45, 7) is 0.0611. The Kier molecular flexibility index (Phi) is 2.32. The van der Waals surface area contributed by atoms with Gasteiger partial charge in [-0.2, -0.15) is 0 Å². The number of aliphatic hydroxyl groups excluding tert-OH is 1. The van der Waals surface area contributed by atoms with E-state index in [2.05, 4.69) is 0 Å². The van der Waals surface area contributed by atoms with Crippen LogP contribution in [0.2, 0.25) is 0 Å². The monoisotopic (exact) mass is 180 g/mol. The van der Waals surface area contributed by atoms with Crippen LogP contribution in [0.25, 0.3) is 0 Å². The molecule has 70 valence electrons. The minimum atomic E-state index is -0.187. The van der Waals surface area contributed by atoms with E-state index in [0.29, 0.717) is 11.5 Å². The molecule has 0 amide bonds. The van der Waals surface area contributed by atoms with Crippen molar-refractivity contribution in [2.24, 2.45) is 5.92 Å². The van der Waals surface area contributed by atoms with Gasteiger partial charge in [0.2, 0.25) is 0 Å². The summed E-state index contributed by atoms with van der Waals surface area (Å²) in [5, 5.41) is 9.15. The zero-order valence-electron chi connectivity index (χ0n) is 7.41. The third-order valence-corrected chi connectivity index (χ3v) is 2.69. The van der Waals surface area contributed by atoms with Crippen LogP contribution < -0.4 is 0 Å². The Morgan fingerprint density at radius 1 is 1.38 bits per heavy atom. The Balaban J connectivity index is 2.26. The third kappa shape index (κ3) is 1.73. The molecule has 0 radical (unpaired) electrons. The molecular formula is C11H13FO. The molecule has 1 aromatic carbocycles. The maximum absolute atomic E-state index is 13.3. The highest BCUT2D eigenvalue weighted by Crippen LogP contribution is 2.42.